The van der Waals surface area contributed by atoms with Crippen molar-refractivity contribution in [1.82, 2.24) is 5.32 Å². The first-order valence-corrected chi connectivity index (χ1v) is 8.89. The highest BCUT2D eigenvalue weighted by molar-refractivity contribution is 6.31. The van der Waals surface area contributed by atoms with Crippen molar-refractivity contribution in [2.75, 3.05) is 19.8 Å². The quantitative estimate of drug-likeness (QED) is 0.888. The number of nitrogens with two attached hydrogens (primary N) is 1. The molecule has 2 fully saturated rings. The minimum Gasteiger partial charge on any atom is -0.381 e. The average molecular weight is 337 g/mol. The maximum atomic E-state index is 13.2. The van der Waals surface area contributed by atoms with Crippen LogP contribution < -0.4 is 11.1 Å². The summed E-state index contributed by atoms with van der Waals surface area (Å²) in [6.45, 7) is 1.81. The van der Waals surface area contributed by atoms with Gasteiger partial charge >= 0.3 is 0 Å². The van der Waals surface area contributed by atoms with E-state index in [0.717, 1.165) is 24.8 Å². The first kappa shape index (κ1) is 16.7. The number of ether oxygens (including phenoxy) is 1. The summed E-state index contributed by atoms with van der Waals surface area (Å²) < 4.78 is 5.51. The molecule has 1 aromatic rings. The van der Waals surface area contributed by atoms with Crippen molar-refractivity contribution in [3.05, 3.63) is 34.9 Å². The first-order chi connectivity index (χ1) is 11.2. The molecule has 0 radical (unpaired) electrons. The summed E-state index contributed by atoms with van der Waals surface area (Å²) in [6.07, 6.45) is 4.59. The lowest BCUT2D eigenvalue weighted by atomic mass is 9.73. The molecule has 1 amide bonds. The predicted octanol–water partition coefficient (Wildman–Crippen LogP) is 2.63. The van der Waals surface area contributed by atoms with E-state index < -0.39 is 5.41 Å². The van der Waals surface area contributed by atoms with Crippen LogP contribution in [0.2, 0.25) is 5.02 Å². The third-order valence-electron chi connectivity index (χ3n) is 5.45. The molecule has 1 aliphatic heterocycles. The summed E-state index contributed by atoms with van der Waals surface area (Å²) >= 11 is 6.42. The van der Waals surface area contributed by atoms with E-state index in [-0.39, 0.29) is 11.9 Å². The van der Waals surface area contributed by atoms with Crippen LogP contribution in [0, 0.1) is 5.92 Å². The molecule has 4 nitrogen and oxygen atoms in total. The van der Waals surface area contributed by atoms with E-state index in [1.807, 2.05) is 24.3 Å². The second-order valence-corrected chi connectivity index (χ2v) is 7.09. The highest BCUT2D eigenvalue weighted by atomic mass is 35.5. The number of amides is 1. The maximum absolute atomic E-state index is 13.2. The number of hydrogen-bond donors (Lipinski definition) is 2. The van der Waals surface area contributed by atoms with Gasteiger partial charge in [0.05, 0.1) is 5.41 Å². The van der Waals surface area contributed by atoms with E-state index in [9.17, 15) is 4.79 Å². The molecule has 0 unspecified atom stereocenters. The Morgan fingerprint density at radius 3 is 2.74 bits per heavy atom. The monoisotopic (exact) mass is 336 g/mol. The van der Waals surface area contributed by atoms with Crippen molar-refractivity contribution >= 4 is 17.5 Å². The third-order valence-corrected chi connectivity index (χ3v) is 5.78. The topological polar surface area (TPSA) is 64.3 Å². The molecule has 1 saturated carbocycles. The fraction of sp³-hybridized carbons (Fsp3) is 0.611. The molecule has 23 heavy (non-hydrogen) atoms. The zero-order valence-electron chi connectivity index (χ0n) is 13.4. The fourth-order valence-electron chi connectivity index (χ4n) is 4.00. The van der Waals surface area contributed by atoms with Crippen molar-refractivity contribution in [3.8, 4) is 0 Å². The highest BCUT2D eigenvalue weighted by Gasteiger charge is 2.44. The van der Waals surface area contributed by atoms with E-state index in [2.05, 4.69) is 5.32 Å². The Morgan fingerprint density at radius 2 is 2.04 bits per heavy atom. The molecule has 0 spiro atoms. The summed E-state index contributed by atoms with van der Waals surface area (Å²) in [7, 11) is 0. The molecule has 1 aromatic carbocycles. The molecule has 1 aliphatic carbocycles. The summed E-state index contributed by atoms with van der Waals surface area (Å²) in [5.41, 5.74) is 6.19. The van der Waals surface area contributed by atoms with Crippen LogP contribution in [0.15, 0.2) is 24.3 Å². The van der Waals surface area contributed by atoms with Crippen molar-refractivity contribution in [3.63, 3.8) is 0 Å². The van der Waals surface area contributed by atoms with Crippen LogP contribution in [0.5, 0.6) is 0 Å². The fourth-order valence-corrected chi connectivity index (χ4v) is 4.32. The molecule has 5 heteroatoms. The van der Waals surface area contributed by atoms with Gasteiger partial charge < -0.3 is 15.8 Å². The van der Waals surface area contributed by atoms with E-state index in [0.29, 0.717) is 43.5 Å². The Morgan fingerprint density at radius 1 is 1.30 bits per heavy atom. The van der Waals surface area contributed by atoms with Gasteiger partial charge in [-0.3, -0.25) is 4.79 Å². The predicted molar refractivity (Wildman–Crippen MR) is 91.5 cm³/mol. The molecule has 2 aliphatic rings. The minimum atomic E-state index is -0.585. The van der Waals surface area contributed by atoms with Crippen LogP contribution in [0.1, 0.15) is 37.7 Å². The number of carbonyl (C=O) groups is 1. The first-order valence-electron chi connectivity index (χ1n) is 8.51. The second-order valence-electron chi connectivity index (χ2n) is 6.68. The van der Waals surface area contributed by atoms with Crippen LogP contribution >= 0.6 is 11.6 Å². The Hall–Kier alpha value is -1.10. The van der Waals surface area contributed by atoms with Gasteiger partial charge in [-0.05, 0) is 49.8 Å². The number of hydrogen-bond acceptors (Lipinski definition) is 3. The Balaban J connectivity index is 1.87. The minimum absolute atomic E-state index is 0.0826. The van der Waals surface area contributed by atoms with Crippen molar-refractivity contribution in [2.45, 2.75) is 43.6 Å². The highest BCUT2D eigenvalue weighted by Crippen LogP contribution is 2.39. The van der Waals surface area contributed by atoms with Crippen LogP contribution in [-0.4, -0.2) is 31.7 Å². The van der Waals surface area contributed by atoms with Crippen LogP contribution in [0.25, 0.3) is 0 Å². The molecule has 1 heterocycles. The van der Waals surface area contributed by atoms with Gasteiger partial charge in [0.2, 0.25) is 5.91 Å². The second kappa shape index (κ2) is 7.20. The number of halogens is 1. The van der Waals surface area contributed by atoms with Gasteiger partial charge in [0.25, 0.3) is 0 Å². The lowest BCUT2D eigenvalue weighted by Gasteiger charge is -2.38. The molecule has 0 bridgehead atoms. The normalized spacial score (nSPS) is 26.9. The Labute approximate surface area is 142 Å². The van der Waals surface area contributed by atoms with Gasteiger partial charge in [-0.15, -0.1) is 0 Å². The molecule has 3 N–H and O–H groups in total. The van der Waals surface area contributed by atoms with Crippen LogP contribution in [-0.2, 0) is 14.9 Å². The van der Waals surface area contributed by atoms with Gasteiger partial charge in [0.1, 0.15) is 0 Å². The van der Waals surface area contributed by atoms with E-state index >= 15 is 0 Å². The van der Waals surface area contributed by atoms with Crippen molar-refractivity contribution < 1.29 is 9.53 Å². The number of nitrogens with one attached hydrogen (secondary N) is 1. The SMILES string of the molecule is NC[C@@H]1CCC[C@@H]1NC(=O)C1(c2ccccc2Cl)CCOCC1. The largest absolute Gasteiger partial charge is 0.381 e. The zero-order chi connectivity index (χ0) is 16.3. The molecule has 126 valence electrons. The molecule has 1 saturated heterocycles. The van der Waals surface area contributed by atoms with E-state index in [1.165, 1.54) is 0 Å². The number of rotatable bonds is 4. The molecule has 0 aromatic heterocycles. The third kappa shape index (κ3) is 3.25. The lowest BCUT2D eigenvalue weighted by molar-refractivity contribution is -0.131. The van der Waals surface area contributed by atoms with Crippen LogP contribution in [0.3, 0.4) is 0 Å². The summed E-state index contributed by atoms with van der Waals surface area (Å²) in [4.78, 5) is 13.2. The van der Waals surface area contributed by atoms with Gasteiger partial charge in [0, 0.05) is 24.3 Å². The standard InChI is InChI=1S/C18H25ClN2O2/c19-15-6-2-1-5-14(15)18(8-10-23-11-9-18)17(22)21-16-7-3-4-13(16)12-20/h1-2,5-6,13,16H,3-4,7-12,20H2,(H,21,22)/t13-,16-/m0/s1. The summed E-state index contributed by atoms with van der Waals surface area (Å²) in [5, 5.41) is 3.94. The molecule has 3 rings (SSSR count). The number of benzene rings is 1. The molecule has 2 atom stereocenters. The summed E-state index contributed by atoms with van der Waals surface area (Å²) in [6, 6.07) is 7.87. The van der Waals surface area contributed by atoms with E-state index in [4.69, 9.17) is 22.1 Å². The maximum Gasteiger partial charge on any atom is 0.231 e. The Kier molecular flexibility index (Phi) is 5.24. The van der Waals surface area contributed by atoms with Crippen LogP contribution in [0.4, 0.5) is 0 Å². The smallest absolute Gasteiger partial charge is 0.231 e. The molecular formula is C18H25ClN2O2. The molecular weight excluding hydrogens is 312 g/mol. The lowest BCUT2D eigenvalue weighted by Crippen LogP contribution is -2.52. The summed E-state index contributed by atoms with van der Waals surface area (Å²) in [5.74, 6) is 0.473. The van der Waals surface area contributed by atoms with Crippen molar-refractivity contribution in [1.29, 1.82) is 0 Å². The van der Waals surface area contributed by atoms with Gasteiger partial charge in [-0.2, -0.15) is 0 Å². The number of carbonyl (C=O) groups excluding carboxylic acids is 1. The van der Waals surface area contributed by atoms with Gasteiger partial charge in [-0.1, -0.05) is 36.2 Å². The Bertz CT molecular complexity index is 558. The average Bonchev–Trinajstić information content (AvgIpc) is 3.03. The van der Waals surface area contributed by atoms with Gasteiger partial charge in [0.15, 0.2) is 0 Å². The van der Waals surface area contributed by atoms with E-state index in [1.54, 1.807) is 0 Å². The van der Waals surface area contributed by atoms with Crippen molar-refractivity contribution in [2.24, 2.45) is 11.7 Å². The zero-order valence-corrected chi connectivity index (χ0v) is 14.1. The van der Waals surface area contributed by atoms with Gasteiger partial charge in [-0.25, -0.2) is 0 Å².